The van der Waals surface area contributed by atoms with Crippen molar-refractivity contribution in [3.8, 4) is 0 Å². The lowest BCUT2D eigenvalue weighted by atomic mass is 9.86. The Morgan fingerprint density at radius 2 is 2.10 bits per heavy atom. The average molecular weight is 282 g/mol. The molecule has 20 heavy (non-hydrogen) atoms. The zero-order valence-corrected chi connectivity index (χ0v) is 12.9. The van der Waals surface area contributed by atoms with Crippen LogP contribution in [0.4, 0.5) is 0 Å². The Morgan fingerprint density at radius 3 is 2.60 bits per heavy atom. The standard InChI is InChI=1S/C15H26N2O3/c1-5-6-12-13(18)17(10(2)9-20-4)15(3,11-7-8-11)14(19)16-12/h10-12H,5-9H2,1-4H3,(H,16,19). The van der Waals surface area contributed by atoms with E-state index in [1.54, 1.807) is 12.0 Å². The first kappa shape index (κ1) is 15.3. The van der Waals surface area contributed by atoms with E-state index in [0.717, 1.165) is 19.3 Å². The Kier molecular flexibility index (Phi) is 4.37. The summed E-state index contributed by atoms with van der Waals surface area (Å²) in [6.45, 7) is 6.35. The number of hydrogen-bond acceptors (Lipinski definition) is 3. The molecule has 2 aliphatic rings. The molecule has 0 aromatic heterocycles. The minimum atomic E-state index is -0.709. The first-order valence-corrected chi connectivity index (χ1v) is 7.59. The average Bonchev–Trinajstić information content (AvgIpc) is 3.21. The minimum absolute atomic E-state index is 0.000929. The summed E-state index contributed by atoms with van der Waals surface area (Å²) in [5.41, 5.74) is -0.709. The van der Waals surface area contributed by atoms with Crippen LogP contribution < -0.4 is 5.32 Å². The SMILES string of the molecule is CCCC1NC(=O)C(C)(C2CC2)N(C(C)COC)C1=O. The van der Waals surface area contributed by atoms with E-state index in [1.807, 2.05) is 20.8 Å². The smallest absolute Gasteiger partial charge is 0.246 e. The van der Waals surface area contributed by atoms with Gasteiger partial charge in [0, 0.05) is 7.11 Å². The van der Waals surface area contributed by atoms with Gasteiger partial charge in [-0.05, 0) is 39.0 Å². The van der Waals surface area contributed by atoms with Crippen molar-refractivity contribution in [1.82, 2.24) is 10.2 Å². The molecule has 1 aliphatic carbocycles. The molecule has 3 atom stereocenters. The van der Waals surface area contributed by atoms with Crippen LogP contribution in [0.3, 0.4) is 0 Å². The summed E-state index contributed by atoms with van der Waals surface area (Å²) in [6, 6.07) is -0.456. The van der Waals surface area contributed by atoms with Gasteiger partial charge in [-0.15, -0.1) is 0 Å². The van der Waals surface area contributed by atoms with Crippen LogP contribution in [-0.2, 0) is 14.3 Å². The Labute approximate surface area is 121 Å². The van der Waals surface area contributed by atoms with Gasteiger partial charge in [0.15, 0.2) is 0 Å². The second kappa shape index (κ2) is 5.72. The fraction of sp³-hybridized carbons (Fsp3) is 0.867. The van der Waals surface area contributed by atoms with Crippen molar-refractivity contribution in [2.24, 2.45) is 5.92 Å². The maximum Gasteiger partial charge on any atom is 0.246 e. The fourth-order valence-corrected chi connectivity index (χ4v) is 3.37. The van der Waals surface area contributed by atoms with Crippen molar-refractivity contribution < 1.29 is 14.3 Å². The molecule has 1 aliphatic heterocycles. The number of ether oxygens (including phenoxy) is 1. The molecule has 114 valence electrons. The van der Waals surface area contributed by atoms with Crippen LogP contribution in [0.15, 0.2) is 0 Å². The highest BCUT2D eigenvalue weighted by atomic mass is 16.5. The lowest BCUT2D eigenvalue weighted by Gasteiger charge is -2.49. The number of nitrogens with zero attached hydrogens (tertiary/aromatic N) is 1. The van der Waals surface area contributed by atoms with Crippen LogP contribution in [-0.4, -0.2) is 48.1 Å². The summed E-state index contributed by atoms with van der Waals surface area (Å²) in [5.74, 6) is 0.333. The van der Waals surface area contributed by atoms with Crippen LogP contribution in [0.2, 0.25) is 0 Å². The van der Waals surface area contributed by atoms with Crippen LogP contribution in [0, 0.1) is 5.92 Å². The third-order valence-electron chi connectivity index (χ3n) is 4.60. The van der Waals surface area contributed by atoms with E-state index in [9.17, 15) is 9.59 Å². The molecule has 3 unspecified atom stereocenters. The van der Waals surface area contributed by atoms with Crippen LogP contribution in [0.25, 0.3) is 0 Å². The van der Waals surface area contributed by atoms with E-state index in [0.29, 0.717) is 13.0 Å². The largest absolute Gasteiger partial charge is 0.383 e. The number of carbonyl (C=O) groups is 2. The zero-order chi connectivity index (χ0) is 14.9. The molecular weight excluding hydrogens is 256 g/mol. The molecule has 0 bridgehead atoms. The second-order valence-electron chi connectivity index (χ2n) is 6.25. The molecule has 5 heteroatoms. The summed E-state index contributed by atoms with van der Waals surface area (Å²) in [7, 11) is 1.63. The Hall–Kier alpha value is -1.10. The quantitative estimate of drug-likeness (QED) is 0.799. The van der Waals surface area contributed by atoms with E-state index >= 15 is 0 Å². The number of piperazine rings is 1. The van der Waals surface area contributed by atoms with E-state index in [-0.39, 0.29) is 29.8 Å². The van der Waals surface area contributed by atoms with Gasteiger partial charge in [0.25, 0.3) is 0 Å². The molecule has 1 N–H and O–H groups in total. The second-order valence-corrected chi connectivity index (χ2v) is 6.25. The summed E-state index contributed by atoms with van der Waals surface area (Å²) >= 11 is 0. The molecule has 1 heterocycles. The maximum absolute atomic E-state index is 12.8. The number of nitrogens with one attached hydrogen (secondary N) is 1. The molecule has 0 aromatic carbocycles. The third-order valence-corrected chi connectivity index (χ3v) is 4.60. The first-order chi connectivity index (χ1) is 9.46. The predicted molar refractivity (Wildman–Crippen MR) is 76.2 cm³/mol. The highest BCUT2D eigenvalue weighted by Crippen LogP contribution is 2.45. The molecule has 5 nitrogen and oxygen atoms in total. The lowest BCUT2D eigenvalue weighted by molar-refractivity contribution is -0.163. The van der Waals surface area contributed by atoms with Gasteiger partial charge in [-0.3, -0.25) is 9.59 Å². The molecule has 0 radical (unpaired) electrons. The number of amides is 2. The number of carbonyl (C=O) groups excluding carboxylic acids is 2. The highest BCUT2D eigenvalue weighted by Gasteiger charge is 2.57. The first-order valence-electron chi connectivity index (χ1n) is 7.59. The van der Waals surface area contributed by atoms with Crippen molar-refractivity contribution in [3.63, 3.8) is 0 Å². The molecule has 0 spiro atoms. The predicted octanol–water partition coefficient (Wildman–Crippen LogP) is 1.32. The molecular formula is C15H26N2O3. The molecule has 0 aromatic rings. The summed E-state index contributed by atoms with van der Waals surface area (Å²) in [6.07, 6.45) is 3.61. The molecule has 1 saturated heterocycles. The number of hydrogen-bond donors (Lipinski definition) is 1. The van der Waals surface area contributed by atoms with E-state index in [4.69, 9.17) is 4.74 Å². The summed E-state index contributed by atoms with van der Waals surface area (Å²) in [5, 5.41) is 2.93. The van der Waals surface area contributed by atoms with Gasteiger partial charge in [-0.25, -0.2) is 0 Å². The molecule has 2 amide bonds. The van der Waals surface area contributed by atoms with Gasteiger partial charge in [-0.1, -0.05) is 13.3 Å². The van der Waals surface area contributed by atoms with Gasteiger partial charge in [-0.2, -0.15) is 0 Å². The van der Waals surface area contributed by atoms with Crippen molar-refractivity contribution in [2.75, 3.05) is 13.7 Å². The van der Waals surface area contributed by atoms with E-state index < -0.39 is 5.54 Å². The highest BCUT2D eigenvalue weighted by molar-refractivity contribution is 6.00. The zero-order valence-electron chi connectivity index (χ0n) is 12.9. The Morgan fingerprint density at radius 1 is 1.45 bits per heavy atom. The topological polar surface area (TPSA) is 58.6 Å². The molecule has 2 rings (SSSR count). The van der Waals surface area contributed by atoms with Crippen molar-refractivity contribution >= 4 is 11.8 Å². The lowest BCUT2D eigenvalue weighted by Crippen LogP contribution is -2.72. The van der Waals surface area contributed by atoms with Gasteiger partial charge in [0.2, 0.25) is 11.8 Å². The summed E-state index contributed by atoms with van der Waals surface area (Å²) in [4.78, 5) is 27.2. The maximum atomic E-state index is 12.8. The Balaban J connectivity index is 2.30. The third kappa shape index (κ3) is 2.43. The van der Waals surface area contributed by atoms with Gasteiger partial charge in [0.05, 0.1) is 12.6 Å². The van der Waals surface area contributed by atoms with E-state index in [1.165, 1.54) is 0 Å². The van der Waals surface area contributed by atoms with Crippen LogP contribution in [0.1, 0.15) is 46.5 Å². The van der Waals surface area contributed by atoms with E-state index in [2.05, 4.69) is 5.32 Å². The monoisotopic (exact) mass is 282 g/mol. The van der Waals surface area contributed by atoms with Crippen molar-refractivity contribution in [2.45, 2.75) is 64.1 Å². The normalized spacial score (nSPS) is 32.2. The summed E-state index contributed by atoms with van der Waals surface area (Å²) < 4.78 is 5.20. The molecule has 2 fully saturated rings. The van der Waals surface area contributed by atoms with Gasteiger partial charge in [0.1, 0.15) is 11.6 Å². The van der Waals surface area contributed by atoms with Crippen molar-refractivity contribution in [1.29, 1.82) is 0 Å². The Bertz CT molecular complexity index is 395. The number of methoxy groups -OCH3 is 1. The van der Waals surface area contributed by atoms with Crippen molar-refractivity contribution in [3.05, 3.63) is 0 Å². The van der Waals surface area contributed by atoms with Crippen LogP contribution in [0.5, 0.6) is 0 Å². The van der Waals surface area contributed by atoms with Gasteiger partial charge >= 0.3 is 0 Å². The molecule has 1 saturated carbocycles. The van der Waals surface area contributed by atoms with Crippen LogP contribution >= 0.6 is 0 Å². The fourth-order valence-electron chi connectivity index (χ4n) is 3.37. The van der Waals surface area contributed by atoms with Gasteiger partial charge < -0.3 is 15.0 Å². The number of rotatable bonds is 6. The minimum Gasteiger partial charge on any atom is -0.383 e.